The predicted molar refractivity (Wildman–Crippen MR) is 152 cm³/mol. The molecule has 3 saturated heterocycles. The van der Waals surface area contributed by atoms with Crippen LogP contribution in [0.1, 0.15) is 135 Å². The minimum Gasteiger partial charge on any atom is -0.489 e. The van der Waals surface area contributed by atoms with E-state index in [4.69, 9.17) is 10.5 Å². The fraction of sp³-hybridized carbons (Fsp3) is 0.812. The van der Waals surface area contributed by atoms with Crippen LogP contribution in [0.25, 0.3) is 0 Å². The first-order chi connectivity index (χ1) is 17.3. The van der Waals surface area contributed by atoms with E-state index in [1.807, 2.05) is 24.3 Å². The van der Waals surface area contributed by atoms with Gasteiger partial charge < -0.3 is 10.5 Å². The molecule has 35 heavy (non-hydrogen) atoms. The average molecular weight is 485 g/mol. The highest BCUT2D eigenvalue weighted by atomic mass is 16.5. The molecule has 0 radical (unpaired) electrons. The molecule has 4 rings (SSSR count). The SMILES string of the molecule is Nc1ccc(OC2CN3CCCCCCCCCCCCCCCCCCCCCC2CC3)cc1. The minimum absolute atomic E-state index is 0.321. The van der Waals surface area contributed by atoms with Gasteiger partial charge in [-0.3, -0.25) is 4.90 Å². The first kappa shape index (κ1) is 28.4. The third-order valence-electron chi connectivity index (χ3n) is 8.50. The van der Waals surface area contributed by atoms with Gasteiger partial charge in [-0.05, 0) is 62.5 Å². The molecule has 1 aromatic rings. The Morgan fingerprint density at radius 1 is 0.543 bits per heavy atom. The number of fused-ring (bicyclic) bond motifs is 22. The highest BCUT2D eigenvalue weighted by Crippen LogP contribution is 2.28. The number of benzene rings is 1. The number of piperidine rings is 1. The average Bonchev–Trinajstić information content (AvgIpc) is 2.87. The molecular weight excluding hydrogens is 428 g/mol. The van der Waals surface area contributed by atoms with Gasteiger partial charge in [0.1, 0.15) is 11.9 Å². The van der Waals surface area contributed by atoms with Crippen molar-refractivity contribution in [3.05, 3.63) is 24.3 Å². The third kappa shape index (κ3) is 12.5. The first-order valence-corrected chi connectivity index (χ1v) is 15.6. The molecule has 3 unspecified atom stereocenters. The predicted octanol–water partition coefficient (Wildman–Crippen LogP) is 9.15. The number of nitrogens with two attached hydrogens (primary N) is 1. The van der Waals surface area contributed by atoms with Crippen molar-refractivity contribution in [1.82, 2.24) is 4.90 Å². The third-order valence-corrected chi connectivity index (χ3v) is 8.50. The normalized spacial score (nSPS) is 27.9. The second-order valence-corrected chi connectivity index (χ2v) is 11.6. The quantitative estimate of drug-likeness (QED) is 0.425. The summed E-state index contributed by atoms with van der Waals surface area (Å²) in [4.78, 5) is 2.68. The maximum atomic E-state index is 6.58. The summed E-state index contributed by atoms with van der Waals surface area (Å²) in [5, 5.41) is 0. The van der Waals surface area contributed by atoms with Gasteiger partial charge >= 0.3 is 0 Å². The zero-order valence-corrected chi connectivity index (χ0v) is 22.9. The van der Waals surface area contributed by atoms with Gasteiger partial charge in [-0.1, -0.05) is 116 Å². The highest BCUT2D eigenvalue weighted by Gasteiger charge is 2.30. The molecule has 200 valence electrons. The molecular formula is C32H56N2O. The van der Waals surface area contributed by atoms with Crippen LogP contribution in [0.15, 0.2) is 24.3 Å². The van der Waals surface area contributed by atoms with Crippen molar-refractivity contribution in [1.29, 1.82) is 0 Å². The number of ether oxygens (including phenoxy) is 1. The van der Waals surface area contributed by atoms with E-state index < -0.39 is 0 Å². The monoisotopic (exact) mass is 484 g/mol. The Morgan fingerprint density at radius 2 is 1.00 bits per heavy atom. The lowest BCUT2D eigenvalue weighted by Crippen LogP contribution is -2.47. The number of rotatable bonds is 2. The summed E-state index contributed by atoms with van der Waals surface area (Å²) in [6.45, 7) is 3.59. The Morgan fingerprint density at radius 3 is 1.51 bits per heavy atom. The second-order valence-electron chi connectivity index (χ2n) is 11.6. The Balaban J connectivity index is 1.45. The largest absolute Gasteiger partial charge is 0.489 e. The van der Waals surface area contributed by atoms with E-state index in [-0.39, 0.29) is 0 Å². The van der Waals surface area contributed by atoms with Crippen LogP contribution < -0.4 is 10.5 Å². The zero-order chi connectivity index (χ0) is 24.4. The van der Waals surface area contributed by atoms with Crippen molar-refractivity contribution < 1.29 is 4.74 Å². The van der Waals surface area contributed by atoms with Crippen LogP contribution in [0.5, 0.6) is 5.75 Å². The van der Waals surface area contributed by atoms with Crippen LogP contribution in [0, 0.1) is 5.92 Å². The Bertz CT molecular complexity index is 627. The Kier molecular flexibility index (Phi) is 14.7. The maximum absolute atomic E-state index is 6.58. The summed E-state index contributed by atoms with van der Waals surface area (Å²) in [5.41, 5.74) is 6.71. The lowest BCUT2D eigenvalue weighted by molar-refractivity contribution is 0.0340. The van der Waals surface area contributed by atoms with Gasteiger partial charge in [-0.25, -0.2) is 0 Å². The van der Waals surface area contributed by atoms with Gasteiger partial charge in [-0.2, -0.15) is 0 Å². The summed E-state index contributed by atoms with van der Waals surface area (Å²) in [7, 11) is 0. The van der Waals surface area contributed by atoms with E-state index in [1.165, 1.54) is 148 Å². The molecule has 3 nitrogen and oxygen atoms in total. The molecule has 3 aliphatic rings. The van der Waals surface area contributed by atoms with Crippen LogP contribution in [0.4, 0.5) is 5.69 Å². The van der Waals surface area contributed by atoms with Crippen molar-refractivity contribution in [2.75, 3.05) is 25.4 Å². The topological polar surface area (TPSA) is 38.5 Å². The molecule has 0 aromatic heterocycles. The van der Waals surface area contributed by atoms with Gasteiger partial charge in [0.2, 0.25) is 0 Å². The molecule has 3 heteroatoms. The summed E-state index contributed by atoms with van der Waals surface area (Å²) < 4.78 is 6.58. The summed E-state index contributed by atoms with van der Waals surface area (Å²) in [5.74, 6) is 1.68. The van der Waals surface area contributed by atoms with Gasteiger partial charge in [0.25, 0.3) is 0 Å². The molecule has 3 aliphatic heterocycles. The smallest absolute Gasteiger partial charge is 0.119 e. The van der Waals surface area contributed by atoms with Gasteiger partial charge in [0, 0.05) is 12.2 Å². The van der Waals surface area contributed by atoms with Crippen molar-refractivity contribution >= 4 is 5.69 Å². The highest BCUT2D eigenvalue weighted by molar-refractivity contribution is 5.41. The van der Waals surface area contributed by atoms with Crippen LogP contribution in [0.3, 0.4) is 0 Å². The zero-order valence-electron chi connectivity index (χ0n) is 22.9. The van der Waals surface area contributed by atoms with Gasteiger partial charge in [-0.15, -0.1) is 0 Å². The van der Waals surface area contributed by atoms with Gasteiger partial charge in [0.15, 0.2) is 0 Å². The molecule has 1 aromatic carbocycles. The molecule has 2 bridgehead atoms. The number of anilines is 1. The number of nitrogens with zero attached hydrogens (tertiary/aromatic N) is 1. The minimum atomic E-state index is 0.321. The van der Waals surface area contributed by atoms with Crippen molar-refractivity contribution in [2.45, 2.75) is 141 Å². The second kappa shape index (κ2) is 18.1. The summed E-state index contributed by atoms with van der Waals surface area (Å²) in [6, 6.07) is 8.03. The summed E-state index contributed by atoms with van der Waals surface area (Å²) >= 11 is 0. The molecule has 0 spiro atoms. The van der Waals surface area contributed by atoms with Crippen LogP contribution >= 0.6 is 0 Å². The maximum Gasteiger partial charge on any atom is 0.119 e. The van der Waals surface area contributed by atoms with Crippen molar-refractivity contribution in [3.8, 4) is 5.75 Å². The van der Waals surface area contributed by atoms with E-state index >= 15 is 0 Å². The van der Waals surface area contributed by atoms with E-state index in [0.717, 1.165) is 18.0 Å². The number of nitrogen functional groups attached to an aromatic ring is 1. The van der Waals surface area contributed by atoms with Crippen LogP contribution in [-0.4, -0.2) is 30.6 Å². The van der Waals surface area contributed by atoms with Crippen LogP contribution in [-0.2, 0) is 0 Å². The first-order valence-electron chi connectivity index (χ1n) is 15.6. The van der Waals surface area contributed by atoms with Crippen molar-refractivity contribution in [2.24, 2.45) is 5.92 Å². The molecule has 0 amide bonds. The van der Waals surface area contributed by atoms with E-state index in [0.29, 0.717) is 12.0 Å². The lowest BCUT2D eigenvalue weighted by Gasteiger charge is -2.38. The molecule has 3 atom stereocenters. The van der Waals surface area contributed by atoms with E-state index in [2.05, 4.69) is 4.90 Å². The van der Waals surface area contributed by atoms with Crippen molar-refractivity contribution in [3.63, 3.8) is 0 Å². The van der Waals surface area contributed by atoms with E-state index in [1.54, 1.807) is 0 Å². The molecule has 2 N–H and O–H groups in total. The van der Waals surface area contributed by atoms with Crippen LogP contribution in [0.2, 0.25) is 0 Å². The Hall–Kier alpha value is -1.22. The number of hydrogen-bond donors (Lipinski definition) is 1. The Labute approximate surface area is 217 Å². The van der Waals surface area contributed by atoms with E-state index in [9.17, 15) is 0 Å². The summed E-state index contributed by atoms with van der Waals surface area (Å²) in [6.07, 6.45) is 30.2. The molecule has 0 aliphatic carbocycles. The lowest BCUT2D eigenvalue weighted by atomic mass is 9.88. The molecule has 3 fully saturated rings. The fourth-order valence-corrected chi connectivity index (χ4v) is 6.16. The standard InChI is InChI=1S/C32H56N2O/c33-30-21-23-31(24-22-30)35-32-28-34-26-19-17-15-13-11-9-7-5-3-1-2-4-6-8-10-12-14-16-18-20-29(32)25-27-34/h21-24,29,32H,1-20,25-28,33H2. The van der Waals surface area contributed by atoms with Gasteiger partial charge in [0.05, 0.1) is 0 Å². The molecule has 3 heterocycles. The molecule has 0 saturated carbocycles. The fourth-order valence-electron chi connectivity index (χ4n) is 6.16. The number of hydrogen-bond acceptors (Lipinski definition) is 3.